The van der Waals surface area contributed by atoms with Crippen LogP contribution in [-0.4, -0.2) is 23.9 Å². The molecule has 3 heteroatoms. The highest BCUT2D eigenvalue weighted by Crippen LogP contribution is 2.02. The highest BCUT2D eigenvalue weighted by molar-refractivity contribution is 5.91. The molecule has 0 saturated heterocycles. The van der Waals surface area contributed by atoms with E-state index in [0.29, 0.717) is 5.76 Å². The molecule has 0 aliphatic rings. The minimum Gasteiger partial charge on any atom is -0.465 e. The van der Waals surface area contributed by atoms with Gasteiger partial charge in [-0.2, -0.15) is 0 Å². The first-order chi connectivity index (χ1) is 6.77. The topological polar surface area (TPSA) is 33.5 Å². The average Bonchev–Trinajstić information content (AvgIpc) is 2.69. The molecule has 3 nitrogen and oxygen atoms in total. The SMILES string of the molecule is CCN(CC)C(=O)/C=C/c1ccco1. The number of furan rings is 1. The normalized spacial score (nSPS) is 10.7. The second-order valence-corrected chi connectivity index (χ2v) is 2.86. The van der Waals surface area contributed by atoms with E-state index >= 15 is 0 Å². The molecule has 0 N–H and O–H groups in total. The van der Waals surface area contributed by atoms with E-state index in [1.165, 1.54) is 6.08 Å². The molecule has 1 rings (SSSR count). The molecule has 76 valence electrons. The fourth-order valence-electron chi connectivity index (χ4n) is 1.18. The summed E-state index contributed by atoms with van der Waals surface area (Å²) in [6.07, 6.45) is 4.80. The van der Waals surface area contributed by atoms with Crippen LogP contribution < -0.4 is 0 Å². The van der Waals surface area contributed by atoms with Gasteiger partial charge in [-0.25, -0.2) is 0 Å². The van der Waals surface area contributed by atoms with Crippen LogP contribution in [0.1, 0.15) is 19.6 Å². The summed E-state index contributed by atoms with van der Waals surface area (Å²) >= 11 is 0. The average molecular weight is 193 g/mol. The van der Waals surface area contributed by atoms with E-state index in [1.54, 1.807) is 23.3 Å². The maximum absolute atomic E-state index is 11.5. The summed E-state index contributed by atoms with van der Waals surface area (Å²) in [5, 5.41) is 0. The van der Waals surface area contributed by atoms with Crippen molar-refractivity contribution in [3.05, 3.63) is 30.2 Å². The van der Waals surface area contributed by atoms with E-state index in [4.69, 9.17) is 4.42 Å². The molecule has 0 radical (unpaired) electrons. The van der Waals surface area contributed by atoms with Gasteiger partial charge in [-0.3, -0.25) is 4.79 Å². The predicted molar refractivity (Wildman–Crippen MR) is 55.7 cm³/mol. The Morgan fingerprint density at radius 2 is 2.21 bits per heavy atom. The molecule has 1 heterocycles. The third kappa shape index (κ3) is 2.76. The van der Waals surface area contributed by atoms with E-state index in [-0.39, 0.29) is 5.91 Å². The molecule has 1 aromatic heterocycles. The molecule has 0 aliphatic heterocycles. The lowest BCUT2D eigenvalue weighted by Crippen LogP contribution is -2.28. The van der Waals surface area contributed by atoms with Gasteiger partial charge in [0.15, 0.2) is 0 Å². The third-order valence-electron chi connectivity index (χ3n) is 2.01. The summed E-state index contributed by atoms with van der Waals surface area (Å²) in [7, 11) is 0. The Bertz CT molecular complexity index is 297. The summed E-state index contributed by atoms with van der Waals surface area (Å²) in [6, 6.07) is 3.60. The van der Waals surface area contributed by atoms with Crippen molar-refractivity contribution in [2.24, 2.45) is 0 Å². The Balaban J connectivity index is 2.55. The number of likely N-dealkylation sites (N-methyl/N-ethyl adjacent to an activating group) is 1. The maximum atomic E-state index is 11.5. The van der Waals surface area contributed by atoms with Gasteiger partial charge in [0.1, 0.15) is 5.76 Å². The van der Waals surface area contributed by atoms with Crippen LogP contribution in [0.3, 0.4) is 0 Å². The first kappa shape index (κ1) is 10.6. The standard InChI is InChI=1S/C11H15NO2/c1-3-12(4-2)11(13)8-7-10-6-5-9-14-10/h5-9H,3-4H2,1-2H3/b8-7+. The van der Waals surface area contributed by atoms with E-state index < -0.39 is 0 Å². The van der Waals surface area contributed by atoms with Crippen molar-refractivity contribution in [3.63, 3.8) is 0 Å². The first-order valence-corrected chi connectivity index (χ1v) is 4.78. The van der Waals surface area contributed by atoms with Crippen LogP contribution in [0.4, 0.5) is 0 Å². The number of carbonyl (C=O) groups is 1. The molecular weight excluding hydrogens is 178 g/mol. The number of hydrogen-bond acceptors (Lipinski definition) is 2. The molecule has 0 aliphatic carbocycles. The molecule has 1 amide bonds. The summed E-state index contributed by atoms with van der Waals surface area (Å²) in [5.41, 5.74) is 0. The van der Waals surface area contributed by atoms with Gasteiger partial charge in [0.2, 0.25) is 5.91 Å². The van der Waals surface area contributed by atoms with Crippen molar-refractivity contribution in [2.45, 2.75) is 13.8 Å². The number of nitrogens with zero attached hydrogens (tertiary/aromatic N) is 1. The predicted octanol–water partition coefficient (Wildman–Crippen LogP) is 2.16. The van der Waals surface area contributed by atoms with Crippen LogP contribution in [-0.2, 0) is 4.79 Å². The Labute approximate surface area is 84.0 Å². The van der Waals surface area contributed by atoms with E-state index in [1.807, 2.05) is 19.9 Å². The Kier molecular flexibility index (Phi) is 3.98. The fourth-order valence-corrected chi connectivity index (χ4v) is 1.18. The van der Waals surface area contributed by atoms with Crippen molar-refractivity contribution in [2.75, 3.05) is 13.1 Å². The van der Waals surface area contributed by atoms with Gasteiger partial charge in [-0.05, 0) is 32.1 Å². The Morgan fingerprint density at radius 1 is 1.50 bits per heavy atom. The van der Waals surface area contributed by atoms with Crippen molar-refractivity contribution in [1.29, 1.82) is 0 Å². The largest absolute Gasteiger partial charge is 0.465 e. The summed E-state index contributed by atoms with van der Waals surface area (Å²) < 4.78 is 5.07. The molecule has 0 atom stereocenters. The number of amides is 1. The number of carbonyl (C=O) groups excluding carboxylic acids is 1. The fraction of sp³-hybridized carbons (Fsp3) is 0.364. The molecule has 0 unspecified atom stereocenters. The Morgan fingerprint density at radius 3 is 2.71 bits per heavy atom. The van der Waals surface area contributed by atoms with Gasteiger partial charge in [-0.15, -0.1) is 0 Å². The minimum atomic E-state index is 0.0198. The maximum Gasteiger partial charge on any atom is 0.246 e. The zero-order valence-corrected chi connectivity index (χ0v) is 8.56. The molecule has 0 saturated carbocycles. The number of hydrogen-bond donors (Lipinski definition) is 0. The monoisotopic (exact) mass is 193 g/mol. The molecule has 1 aromatic rings. The van der Waals surface area contributed by atoms with Gasteiger partial charge < -0.3 is 9.32 Å². The molecule has 14 heavy (non-hydrogen) atoms. The second-order valence-electron chi connectivity index (χ2n) is 2.86. The first-order valence-electron chi connectivity index (χ1n) is 4.78. The zero-order chi connectivity index (χ0) is 10.4. The lowest BCUT2D eigenvalue weighted by atomic mass is 10.3. The summed E-state index contributed by atoms with van der Waals surface area (Å²) in [5.74, 6) is 0.719. The van der Waals surface area contributed by atoms with E-state index in [2.05, 4.69) is 0 Å². The lowest BCUT2D eigenvalue weighted by Gasteiger charge is -2.15. The van der Waals surface area contributed by atoms with Gasteiger partial charge in [0.25, 0.3) is 0 Å². The van der Waals surface area contributed by atoms with Crippen LogP contribution >= 0.6 is 0 Å². The van der Waals surface area contributed by atoms with Crippen LogP contribution in [0.2, 0.25) is 0 Å². The van der Waals surface area contributed by atoms with E-state index in [9.17, 15) is 4.79 Å². The van der Waals surface area contributed by atoms with Gasteiger partial charge in [0.05, 0.1) is 6.26 Å². The summed E-state index contributed by atoms with van der Waals surface area (Å²) in [4.78, 5) is 13.2. The summed E-state index contributed by atoms with van der Waals surface area (Å²) in [6.45, 7) is 5.39. The van der Waals surface area contributed by atoms with Crippen molar-refractivity contribution < 1.29 is 9.21 Å². The second kappa shape index (κ2) is 5.27. The molecular formula is C11H15NO2. The molecule has 0 spiro atoms. The van der Waals surface area contributed by atoms with Gasteiger partial charge >= 0.3 is 0 Å². The van der Waals surface area contributed by atoms with Gasteiger partial charge in [0, 0.05) is 19.2 Å². The van der Waals surface area contributed by atoms with Crippen LogP contribution in [0.15, 0.2) is 28.9 Å². The van der Waals surface area contributed by atoms with Crippen molar-refractivity contribution in [3.8, 4) is 0 Å². The van der Waals surface area contributed by atoms with Crippen LogP contribution in [0, 0.1) is 0 Å². The third-order valence-corrected chi connectivity index (χ3v) is 2.01. The smallest absolute Gasteiger partial charge is 0.246 e. The highest BCUT2D eigenvalue weighted by atomic mass is 16.3. The highest BCUT2D eigenvalue weighted by Gasteiger charge is 2.04. The zero-order valence-electron chi connectivity index (χ0n) is 8.56. The lowest BCUT2D eigenvalue weighted by molar-refractivity contribution is -0.125. The van der Waals surface area contributed by atoms with Crippen molar-refractivity contribution in [1.82, 2.24) is 4.90 Å². The van der Waals surface area contributed by atoms with Crippen LogP contribution in [0.25, 0.3) is 6.08 Å². The quantitative estimate of drug-likeness (QED) is 0.686. The van der Waals surface area contributed by atoms with Gasteiger partial charge in [-0.1, -0.05) is 0 Å². The van der Waals surface area contributed by atoms with Crippen LogP contribution in [0.5, 0.6) is 0 Å². The molecule has 0 aromatic carbocycles. The minimum absolute atomic E-state index is 0.0198. The molecule has 0 bridgehead atoms. The number of rotatable bonds is 4. The Hall–Kier alpha value is -1.51. The molecule has 0 fully saturated rings. The van der Waals surface area contributed by atoms with E-state index in [0.717, 1.165) is 13.1 Å². The van der Waals surface area contributed by atoms with Crippen molar-refractivity contribution >= 4 is 12.0 Å².